The van der Waals surface area contributed by atoms with Crippen molar-refractivity contribution < 1.29 is 4.79 Å². The van der Waals surface area contributed by atoms with E-state index in [4.69, 9.17) is 0 Å². The summed E-state index contributed by atoms with van der Waals surface area (Å²) in [6.07, 6.45) is 8.39. The number of nitrogens with zero attached hydrogens (tertiary/aromatic N) is 2. The first kappa shape index (κ1) is 12.5. The lowest BCUT2D eigenvalue weighted by Gasteiger charge is -2.10. The van der Waals surface area contributed by atoms with E-state index in [0.717, 1.165) is 31.6 Å². The van der Waals surface area contributed by atoms with Crippen molar-refractivity contribution in [1.82, 2.24) is 20.4 Å². The maximum Gasteiger partial charge on any atom is 0.241 e. The van der Waals surface area contributed by atoms with Crippen molar-refractivity contribution >= 4 is 11.6 Å². The summed E-state index contributed by atoms with van der Waals surface area (Å²) in [4.78, 5) is 11.6. The van der Waals surface area contributed by atoms with Crippen molar-refractivity contribution in [1.29, 1.82) is 0 Å². The van der Waals surface area contributed by atoms with Gasteiger partial charge >= 0.3 is 0 Å². The van der Waals surface area contributed by atoms with E-state index in [1.54, 1.807) is 10.9 Å². The molecule has 2 heterocycles. The Morgan fingerprint density at radius 3 is 3.11 bits per heavy atom. The van der Waals surface area contributed by atoms with Crippen LogP contribution < -0.4 is 16.0 Å². The predicted octanol–water partition coefficient (Wildman–Crippen LogP) is 0.326. The molecule has 0 aromatic carbocycles. The van der Waals surface area contributed by atoms with Crippen LogP contribution in [0.15, 0.2) is 12.4 Å². The van der Waals surface area contributed by atoms with Gasteiger partial charge in [0.1, 0.15) is 6.54 Å². The van der Waals surface area contributed by atoms with Crippen molar-refractivity contribution in [2.24, 2.45) is 0 Å². The van der Waals surface area contributed by atoms with Gasteiger partial charge in [-0.15, -0.1) is 0 Å². The van der Waals surface area contributed by atoms with Gasteiger partial charge in [0.25, 0.3) is 0 Å². The summed E-state index contributed by atoms with van der Waals surface area (Å²) < 4.78 is 1.68. The van der Waals surface area contributed by atoms with Gasteiger partial charge < -0.3 is 16.0 Å². The third-order valence-corrected chi connectivity index (χ3v) is 3.60. The van der Waals surface area contributed by atoms with Gasteiger partial charge in [-0.05, 0) is 32.2 Å². The zero-order valence-electron chi connectivity index (χ0n) is 11.1. The summed E-state index contributed by atoms with van der Waals surface area (Å²) in [5, 5.41) is 14.0. The smallest absolute Gasteiger partial charge is 0.241 e. The van der Waals surface area contributed by atoms with Gasteiger partial charge in [0.2, 0.25) is 5.91 Å². The lowest BCUT2D eigenvalue weighted by molar-refractivity contribution is -0.122. The molecule has 2 aliphatic rings. The Morgan fingerprint density at radius 1 is 1.47 bits per heavy atom. The zero-order chi connectivity index (χ0) is 13.1. The third-order valence-electron chi connectivity index (χ3n) is 3.60. The summed E-state index contributed by atoms with van der Waals surface area (Å²) in [5.41, 5.74) is 0.980. The Morgan fingerprint density at radius 2 is 2.37 bits per heavy atom. The molecule has 1 aromatic heterocycles. The van der Waals surface area contributed by atoms with Crippen LogP contribution >= 0.6 is 0 Å². The van der Waals surface area contributed by atoms with Crippen molar-refractivity contribution in [3.8, 4) is 0 Å². The predicted molar refractivity (Wildman–Crippen MR) is 72.9 cm³/mol. The van der Waals surface area contributed by atoms with Gasteiger partial charge in [-0.1, -0.05) is 0 Å². The lowest BCUT2D eigenvalue weighted by atomic mass is 10.2. The second-order valence-electron chi connectivity index (χ2n) is 5.44. The highest BCUT2D eigenvalue weighted by Crippen LogP contribution is 2.18. The number of anilines is 1. The summed E-state index contributed by atoms with van der Waals surface area (Å²) in [5.74, 6) is 0.0506. The van der Waals surface area contributed by atoms with E-state index in [1.165, 1.54) is 12.8 Å². The van der Waals surface area contributed by atoms with Crippen molar-refractivity contribution in [3.05, 3.63) is 12.4 Å². The number of amides is 1. The first-order valence-electron chi connectivity index (χ1n) is 7.09. The second-order valence-corrected chi connectivity index (χ2v) is 5.44. The molecule has 1 amide bonds. The van der Waals surface area contributed by atoms with Crippen LogP contribution in [-0.4, -0.2) is 40.9 Å². The van der Waals surface area contributed by atoms with Crippen molar-refractivity contribution in [2.75, 3.05) is 18.4 Å². The molecule has 6 nitrogen and oxygen atoms in total. The highest BCUT2D eigenvalue weighted by Gasteiger charge is 2.23. The zero-order valence-corrected chi connectivity index (χ0v) is 11.1. The Kier molecular flexibility index (Phi) is 3.68. The number of nitrogens with one attached hydrogen (secondary N) is 3. The average Bonchev–Trinajstić information content (AvgIpc) is 2.91. The minimum absolute atomic E-state index is 0.0506. The van der Waals surface area contributed by atoms with E-state index >= 15 is 0 Å². The molecular formula is C13H21N5O. The number of hydrogen-bond donors (Lipinski definition) is 3. The Bertz CT molecular complexity index is 434. The number of rotatable bonds is 6. The molecule has 19 heavy (non-hydrogen) atoms. The summed E-state index contributed by atoms with van der Waals surface area (Å²) in [6, 6.07) is 0.968. The minimum atomic E-state index is 0.0506. The molecule has 3 N–H and O–H groups in total. The van der Waals surface area contributed by atoms with E-state index in [9.17, 15) is 4.79 Å². The maximum absolute atomic E-state index is 11.6. The molecule has 104 valence electrons. The molecule has 6 heteroatoms. The molecule has 0 bridgehead atoms. The molecular weight excluding hydrogens is 242 g/mol. The van der Waals surface area contributed by atoms with Gasteiger partial charge in [0.05, 0.1) is 11.9 Å². The van der Waals surface area contributed by atoms with Crippen molar-refractivity contribution in [2.45, 2.75) is 44.3 Å². The van der Waals surface area contributed by atoms with Gasteiger partial charge in [-0.25, -0.2) is 0 Å². The molecule has 1 saturated carbocycles. The van der Waals surface area contributed by atoms with Crippen LogP contribution in [0.4, 0.5) is 5.69 Å². The normalized spacial score (nSPS) is 22.4. The molecule has 3 rings (SSSR count). The topological polar surface area (TPSA) is 71.0 Å². The standard InChI is InChI=1S/C13H21N5O/c19-13(17-10-3-4-10)9-18-8-12(7-16-18)15-6-11-2-1-5-14-11/h7-8,10-11,14-15H,1-6,9H2,(H,17,19). The van der Waals surface area contributed by atoms with E-state index in [2.05, 4.69) is 21.0 Å². The maximum atomic E-state index is 11.6. The molecule has 1 aliphatic heterocycles. The van der Waals surface area contributed by atoms with E-state index in [0.29, 0.717) is 18.6 Å². The Hall–Kier alpha value is -1.56. The van der Waals surface area contributed by atoms with Gasteiger partial charge in [0, 0.05) is 24.8 Å². The third kappa shape index (κ3) is 3.70. The minimum Gasteiger partial charge on any atom is -0.381 e. The van der Waals surface area contributed by atoms with Crippen LogP contribution in [0, 0.1) is 0 Å². The van der Waals surface area contributed by atoms with Crippen LogP contribution in [0.1, 0.15) is 25.7 Å². The molecule has 2 fully saturated rings. The molecule has 0 radical (unpaired) electrons. The van der Waals surface area contributed by atoms with Crippen LogP contribution in [0.2, 0.25) is 0 Å². The molecule has 1 unspecified atom stereocenters. The summed E-state index contributed by atoms with van der Waals surface area (Å²) >= 11 is 0. The summed E-state index contributed by atoms with van der Waals surface area (Å²) in [6.45, 7) is 2.34. The van der Waals surface area contributed by atoms with Crippen LogP contribution in [0.25, 0.3) is 0 Å². The first-order chi connectivity index (χ1) is 9.29. The van der Waals surface area contributed by atoms with Gasteiger partial charge in [-0.2, -0.15) is 5.10 Å². The van der Waals surface area contributed by atoms with E-state index < -0.39 is 0 Å². The SMILES string of the molecule is O=C(Cn1cc(NCC2CCCN2)cn1)NC1CC1. The van der Waals surface area contributed by atoms with Crippen LogP contribution in [0.5, 0.6) is 0 Å². The van der Waals surface area contributed by atoms with Crippen molar-refractivity contribution in [3.63, 3.8) is 0 Å². The fourth-order valence-electron chi connectivity index (χ4n) is 2.36. The fourth-order valence-corrected chi connectivity index (χ4v) is 2.36. The quantitative estimate of drug-likeness (QED) is 0.691. The first-order valence-corrected chi connectivity index (χ1v) is 7.09. The summed E-state index contributed by atoms with van der Waals surface area (Å²) in [7, 11) is 0. The molecule has 0 spiro atoms. The lowest BCUT2D eigenvalue weighted by Crippen LogP contribution is -2.29. The molecule has 1 aromatic rings. The highest BCUT2D eigenvalue weighted by atomic mass is 16.2. The largest absolute Gasteiger partial charge is 0.381 e. The van der Waals surface area contributed by atoms with Gasteiger partial charge in [-0.3, -0.25) is 9.48 Å². The molecule has 1 atom stereocenters. The number of hydrogen-bond acceptors (Lipinski definition) is 4. The van der Waals surface area contributed by atoms with Crippen LogP contribution in [-0.2, 0) is 11.3 Å². The fraction of sp³-hybridized carbons (Fsp3) is 0.692. The molecule has 1 saturated heterocycles. The van der Waals surface area contributed by atoms with E-state index in [1.807, 2.05) is 6.20 Å². The number of carbonyl (C=O) groups excluding carboxylic acids is 1. The molecule has 1 aliphatic carbocycles. The van der Waals surface area contributed by atoms with E-state index in [-0.39, 0.29) is 5.91 Å². The average molecular weight is 263 g/mol. The Labute approximate surface area is 112 Å². The second kappa shape index (κ2) is 5.61. The highest BCUT2D eigenvalue weighted by molar-refractivity contribution is 5.76. The number of aromatic nitrogens is 2. The van der Waals surface area contributed by atoms with Crippen LogP contribution in [0.3, 0.4) is 0 Å². The number of carbonyl (C=O) groups is 1. The monoisotopic (exact) mass is 263 g/mol. The van der Waals surface area contributed by atoms with Gasteiger partial charge in [0.15, 0.2) is 0 Å². The Balaban J connectivity index is 1.43.